The summed E-state index contributed by atoms with van der Waals surface area (Å²) >= 11 is 5.92. The number of hydrogen-bond acceptors (Lipinski definition) is 5. The predicted molar refractivity (Wildman–Crippen MR) is 160 cm³/mol. The second-order valence-electron chi connectivity index (χ2n) is 9.63. The molecule has 8 nitrogen and oxygen atoms in total. The van der Waals surface area contributed by atoms with Crippen molar-refractivity contribution < 1.29 is 21.6 Å². The van der Waals surface area contributed by atoms with E-state index in [1.807, 2.05) is 36.4 Å². The Kier molecular flexibility index (Phi) is 8.46. The van der Waals surface area contributed by atoms with Gasteiger partial charge in [-0.15, -0.1) is 0 Å². The van der Waals surface area contributed by atoms with Gasteiger partial charge in [-0.3, -0.25) is 9.10 Å². The maximum absolute atomic E-state index is 13.2. The number of nitrogens with zero attached hydrogens (tertiary/aromatic N) is 1. The maximum atomic E-state index is 13.2. The molecule has 1 aliphatic heterocycles. The second kappa shape index (κ2) is 12.0. The first-order valence-electron chi connectivity index (χ1n) is 13.0. The van der Waals surface area contributed by atoms with Gasteiger partial charge in [0, 0.05) is 30.2 Å². The molecule has 0 bridgehead atoms. The molecule has 212 valence electrons. The van der Waals surface area contributed by atoms with Crippen LogP contribution in [0.2, 0.25) is 5.02 Å². The maximum Gasteiger partial charge on any atom is 0.264 e. The Morgan fingerprint density at radius 1 is 0.805 bits per heavy atom. The molecule has 4 aromatic carbocycles. The van der Waals surface area contributed by atoms with E-state index in [0.717, 1.165) is 16.7 Å². The molecule has 0 saturated heterocycles. The number of halogens is 1. The first-order chi connectivity index (χ1) is 19.6. The molecule has 0 fully saturated rings. The highest BCUT2D eigenvalue weighted by molar-refractivity contribution is 7.92. The van der Waals surface area contributed by atoms with Crippen molar-refractivity contribution in [2.75, 3.05) is 16.2 Å². The fourth-order valence-corrected chi connectivity index (χ4v) is 7.22. The number of anilines is 2. The van der Waals surface area contributed by atoms with Crippen molar-refractivity contribution >= 4 is 48.9 Å². The van der Waals surface area contributed by atoms with Crippen molar-refractivity contribution in [2.45, 2.75) is 35.6 Å². The number of fused-ring (bicyclic) bond motifs is 1. The van der Waals surface area contributed by atoms with Gasteiger partial charge in [0.05, 0.1) is 15.5 Å². The Hall–Kier alpha value is -3.70. The highest BCUT2D eigenvalue weighted by atomic mass is 35.5. The largest absolute Gasteiger partial charge is 0.326 e. The molecule has 0 unspecified atom stereocenters. The number of amides is 1. The van der Waals surface area contributed by atoms with E-state index in [0.29, 0.717) is 35.8 Å². The number of sulfonamides is 2. The van der Waals surface area contributed by atoms with E-state index < -0.39 is 20.0 Å². The van der Waals surface area contributed by atoms with E-state index in [1.165, 1.54) is 40.7 Å². The monoisotopic (exact) mass is 609 g/mol. The molecule has 0 saturated carbocycles. The fourth-order valence-electron chi connectivity index (χ4n) is 4.59. The van der Waals surface area contributed by atoms with Gasteiger partial charge in [0.25, 0.3) is 10.0 Å². The van der Waals surface area contributed by atoms with Gasteiger partial charge in [-0.2, -0.15) is 0 Å². The minimum Gasteiger partial charge on any atom is -0.326 e. The summed E-state index contributed by atoms with van der Waals surface area (Å²) in [4.78, 5) is 13.0. The Morgan fingerprint density at radius 2 is 1.49 bits per heavy atom. The number of carbonyl (C=O) groups is 1. The first kappa shape index (κ1) is 28.8. The molecule has 2 N–H and O–H groups in total. The molecule has 0 atom stereocenters. The van der Waals surface area contributed by atoms with Crippen molar-refractivity contribution in [1.82, 2.24) is 4.72 Å². The van der Waals surface area contributed by atoms with Gasteiger partial charge >= 0.3 is 0 Å². The van der Waals surface area contributed by atoms with Gasteiger partial charge < -0.3 is 5.32 Å². The van der Waals surface area contributed by atoms with Crippen molar-refractivity contribution in [3.05, 3.63) is 119 Å². The highest BCUT2D eigenvalue weighted by Gasteiger charge is 2.31. The van der Waals surface area contributed by atoms with E-state index >= 15 is 0 Å². The second-order valence-corrected chi connectivity index (χ2v) is 13.7. The summed E-state index contributed by atoms with van der Waals surface area (Å²) in [5, 5.41) is 3.30. The Morgan fingerprint density at radius 3 is 2.20 bits per heavy atom. The lowest BCUT2D eigenvalue weighted by molar-refractivity contribution is -0.116. The van der Waals surface area contributed by atoms with Crippen LogP contribution in [0, 0.1) is 0 Å². The zero-order valence-corrected chi connectivity index (χ0v) is 24.3. The summed E-state index contributed by atoms with van der Waals surface area (Å²) in [6.07, 6.45) is 1.15. The summed E-state index contributed by atoms with van der Waals surface area (Å²) < 4.78 is 55.7. The number of benzene rings is 4. The van der Waals surface area contributed by atoms with Crippen molar-refractivity contribution in [2.24, 2.45) is 0 Å². The van der Waals surface area contributed by atoms with Crippen molar-refractivity contribution in [3.63, 3.8) is 0 Å². The zero-order chi connectivity index (χ0) is 29.0. The molecule has 0 radical (unpaired) electrons. The predicted octanol–water partition coefficient (Wildman–Crippen LogP) is 5.14. The minimum atomic E-state index is -3.78. The van der Waals surface area contributed by atoms with Gasteiger partial charge in [-0.25, -0.2) is 21.6 Å². The summed E-state index contributed by atoms with van der Waals surface area (Å²) in [5.74, 6) is -0.240. The third-order valence-electron chi connectivity index (χ3n) is 6.81. The number of aryl methyl sites for hydroxylation is 1. The average Bonchev–Trinajstić information content (AvgIpc) is 3.40. The smallest absolute Gasteiger partial charge is 0.264 e. The van der Waals surface area contributed by atoms with Crippen LogP contribution in [0.25, 0.3) is 0 Å². The summed E-state index contributed by atoms with van der Waals surface area (Å²) in [6, 6.07) is 27.0. The van der Waals surface area contributed by atoms with Crippen LogP contribution in [0.3, 0.4) is 0 Å². The van der Waals surface area contributed by atoms with Crippen molar-refractivity contribution in [3.8, 4) is 0 Å². The minimum absolute atomic E-state index is 0.148. The van der Waals surface area contributed by atoms with E-state index in [4.69, 9.17) is 11.6 Å². The molecule has 4 aromatic rings. The van der Waals surface area contributed by atoms with Gasteiger partial charge in [0.2, 0.25) is 15.9 Å². The third-order valence-corrected chi connectivity index (χ3v) is 10.3. The van der Waals surface area contributed by atoms with Crippen LogP contribution in [0.15, 0.2) is 107 Å². The van der Waals surface area contributed by atoms with Gasteiger partial charge in [-0.1, -0.05) is 60.1 Å². The molecule has 11 heteroatoms. The van der Waals surface area contributed by atoms with Gasteiger partial charge in [0.15, 0.2) is 0 Å². The average molecular weight is 610 g/mol. The van der Waals surface area contributed by atoms with E-state index in [2.05, 4.69) is 10.0 Å². The van der Waals surface area contributed by atoms with Gasteiger partial charge in [-0.05, 0) is 78.1 Å². The third kappa shape index (κ3) is 6.79. The zero-order valence-electron chi connectivity index (χ0n) is 22.0. The van der Waals surface area contributed by atoms with Crippen LogP contribution < -0.4 is 14.3 Å². The molecule has 1 aliphatic rings. The van der Waals surface area contributed by atoms with Crippen LogP contribution in [-0.4, -0.2) is 29.3 Å². The quantitative estimate of drug-likeness (QED) is 0.258. The molecule has 0 spiro atoms. The summed E-state index contributed by atoms with van der Waals surface area (Å²) in [6.45, 7) is 0.504. The summed E-state index contributed by atoms with van der Waals surface area (Å²) in [5.41, 5.74) is 3.59. The van der Waals surface area contributed by atoms with Crippen LogP contribution in [0.4, 0.5) is 11.4 Å². The Balaban J connectivity index is 1.18. The standard InChI is InChI=1S/C30H28ClN3O5S2/c31-25-10-15-28(16-11-25)41(38,39)34-19-18-24-9-12-26(20-29(24)34)33-30(35)17-8-22-6-13-27(14-7-22)40(36,37)32-21-23-4-2-1-3-5-23/h1-7,9-16,20,32H,8,17-19,21H2,(H,33,35). The first-order valence-corrected chi connectivity index (χ1v) is 16.3. The lowest BCUT2D eigenvalue weighted by Gasteiger charge is -2.20. The van der Waals surface area contributed by atoms with Crippen molar-refractivity contribution in [1.29, 1.82) is 0 Å². The van der Waals surface area contributed by atoms with E-state index in [9.17, 15) is 21.6 Å². The molecule has 1 heterocycles. The Bertz CT molecular complexity index is 1760. The van der Waals surface area contributed by atoms with E-state index in [1.54, 1.807) is 24.3 Å². The molecule has 0 aromatic heterocycles. The molecular formula is C30H28ClN3O5S2. The lowest BCUT2D eigenvalue weighted by atomic mass is 10.1. The number of rotatable bonds is 10. The molecular weight excluding hydrogens is 582 g/mol. The number of nitrogens with one attached hydrogen (secondary N) is 2. The summed E-state index contributed by atoms with van der Waals surface area (Å²) in [7, 11) is -7.45. The lowest BCUT2D eigenvalue weighted by Crippen LogP contribution is -2.29. The van der Waals surface area contributed by atoms with Crippen LogP contribution in [0.1, 0.15) is 23.1 Å². The normalized spacial score (nSPS) is 13.1. The Labute approximate surface area is 245 Å². The highest BCUT2D eigenvalue weighted by Crippen LogP contribution is 2.35. The molecule has 1 amide bonds. The number of carbonyl (C=O) groups excluding carboxylic acids is 1. The molecule has 41 heavy (non-hydrogen) atoms. The number of hydrogen-bond donors (Lipinski definition) is 2. The SMILES string of the molecule is O=C(CCc1ccc(S(=O)(=O)NCc2ccccc2)cc1)Nc1ccc2c(c1)N(S(=O)(=O)c1ccc(Cl)cc1)CC2. The molecule has 0 aliphatic carbocycles. The van der Waals surface area contributed by atoms with E-state index in [-0.39, 0.29) is 28.7 Å². The van der Waals surface area contributed by atoms with Crippen LogP contribution in [-0.2, 0) is 44.2 Å². The molecule has 5 rings (SSSR count). The van der Waals surface area contributed by atoms with Gasteiger partial charge in [0.1, 0.15) is 0 Å². The topological polar surface area (TPSA) is 113 Å². The van der Waals surface area contributed by atoms with Crippen LogP contribution in [0.5, 0.6) is 0 Å². The fraction of sp³-hybridized carbons (Fsp3) is 0.167. The van der Waals surface area contributed by atoms with Crippen LogP contribution >= 0.6 is 11.6 Å².